The van der Waals surface area contributed by atoms with Gasteiger partial charge in [-0.15, -0.1) is 0 Å². The normalized spacial score (nSPS) is 18.5. The second-order valence-electron chi connectivity index (χ2n) is 7.06. The fourth-order valence-electron chi connectivity index (χ4n) is 2.41. The van der Waals surface area contributed by atoms with Gasteiger partial charge in [0.05, 0.1) is 11.2 Å². The molecule has 1 fully saturated rings. The zero-order valence-corrected chi connectivity index (χ0v) is 15.4. The lowest BCUT2D eigenvalue weighted by Gasteiger charge is -2.32. The van der Waals surface area contributed by atoms with Crippen LogP contribution in [0, 0.1) is 11.8 Å². The summed E-state index contributed by atoms with van der Waals surface area (Å²) in [6.45, 7) is 7.98. The molecule has 0 bridgehead atoms. The highest BCUT2D eigenvalue weighted by atomic mass is 19.1. The molecule has 0 saturated carbocycles. The number of rotatable bonds is 3. The minimum atomic E-state index is -1.04. The Morgan fingerprint density at radius 1 is 1.23 bits per heavy atom. The summed E-state index contributed by atoms with van der Waals surface area (Å²) in [7, 11) is -1.04. The van der Waals surface area contributed by atoms with Crippen LogP contribution >= 0.6 is 0 Å². The molecule has 0 atom stereocenters. The predicted molar refractivity (Wildman–Crippen MR) is 98.5 cm³/mol. The number of aromatic nitrogens is 3. The van der Waals surface area contributed by atoms with Gasteiger partial charge in [-0.3, -0.25) is 4.68 Å². The standard InChI is InChI=1S/C19H21BFN3O2/c1-18(2)19(3,4)26-20(25-18)17(21)14-15-8-5-10-22-16(15)9-6-12-24-13-7-11-23-24/h5,7-8,10-11,13-14H,12H2,1-4H3. The summed E-state index contributed by atoms with van der Waals surface area (Å²) < 4.78 is 27.9. The summed E-state index contributed by atoms with van der Waals surface area (Å²) in [6, 6.07) is 5.33. The highest BCUT2D eigenvalue weighted by molar-refractivity contribution is 6.54. The van der Waals surface area contributed by atoms with Crippen LogP contribution in [0.3, 0.4) is 0 Å². The Kier molecular flexibility index (Phi) is 4.99. The fourth-order valence-corrected chi connectivity index (χ4v) is 2.41. The van der Waals surface area contributed by atoms with Gasteiger partial charge in [0, 0.05) is 24.2 Å². The summed E-state index contributed by atoms with van der Waals surface area (Å²) in [5, 5.41) is 4.09. The molecule has 7 heteroatoms. The molecule has 1 aliphatic rings. The average molecular weight is 353 g/mol. The van der Waals surface area contributed by atoms with Crippen LogP contribution in [-0.2, 0) is 15.9 Å². The minimum absolute atomic E-state index is 0.437. The molecule has 0 unspecified atom stereocenters. The van der Waals surface area contributed by atoms with Crippen LogP contribution in [0.15, 0.2) is 42.5 Å². The molecule has 0 aliphatic carbocycles. The van der Waals surface area contributed by atoms with E-state index in [1.54, 1.807) is 29.2 Å². The molecule has 0 N–H and O–H groups in total. The zero-order valence-electron chi connectivity index (χ0n) is 15.4. The van der Waals surface area contributed by atoms with Crippen molar-refractivity contribution < 1.29 is 13.7 Å². The van der Waals surface area contributed by atoms with Crippen LogP contribution in [0.2, 0.25) is 0 Å². The van der Waals surface area contributed by atoms with Crippen molar-refractivity contribution in [3.05, 3.63) is 53.8 Å². The monoisotopic (exact) mass is 353 g/mol. The van der Waals surface area contributed by atoms with E-state index in [4.69, 9.17) is 9.31 Å². The van der Waals surface area contributed by atoms with Crippen LogP contribution in [0.5, 0.6) is 0 Å². The van der Waals surface area contributed by atoms with E-state index in [1.165, 1.54) is 6.08 Å². The topological polar surface area (TPSA) is 49.2 Å². The SMILES string of the molecule is CC1(C)OB(C(F)=Cc2cccnc2C#CCn2cccn2)OC1(C)C. The molecule has 0 spiro atoms. The zero-order chi connectivity index (χ0) is 18.8. The molecule has 2 aromatic rings. The highest BCUT2D eigenvalue weighted by Crippen LogP contribution is 2.39. The van der Waals surface area contributed by atoms with Gasteiger partial charge in [0.25, 0.3) is 0 Å². The molecule has 1 aliphatic heterocycles. The quantitative estimate of drug-likeness (QED) is 0.628. The lowest BCUT2D eigenvalue weighted by molar-refractivity contribution is 0.00578. The van der Waals surface area contributed by atoms with Gasteiger partial charge in [0.2, 0.25) is 0 Å². The van der Waals surface area contributed by atoms with E-state index in [0.29, 0.717) is 17.8 Å². The molecule has 3 heterocycles. The Morgan fingerprint density at radius 3 is 2.62 bits per heavy atom. The Balaban J connectivity index is 1.80. The summed E-state index contributed by atoms with van der Waals surface area (Å²) in [5.41, 5.74) is -0.625. The summed E-state index contributed by atoms with van der Waals surface area (Å²) >= 11 is 0. The van der Waals surface area contributed by atoms with E-state index in [-0.39, 0.29) is 0 Å². The van der Waals surface area contributed by atoms with Gasteiger partial charge < -0.3 is 9.31 Å². The third-order valence-corrected chi connectivity index (χ3v) is 4.62. The van der Waals surface area contributed by atoms with Gasteiger partial charge in [0.15, 0.2) is 0 Å². The van der Waals surface area contributed by atoms with Crippen molar-refractivity contribution in [3.63, 3.8) is 0 Å². The van der Waals surface area contributed by atoms with Crippen molar-refractivity contribution in [2.75, 3.05) is 0 Å². The van der Waals surface area contributed by atoms with Crippen molar-refractivity contribution in [2.24, 2.45) is 0 Å². The van der Waals surface area contributed by atoms with E-state index in [2.05, 4.69) is 21.9 Å². The Bertz CT molecular complexity index is 850. The number of hydrogen-bond donors (Lipinski definition) is 0. The first-order chi connectivity index (χ1) is 12.3. The molecular weight excluding hydrogens is 332 g/mol. The maximum absolute atomic E-state index is 14.7. The van der Waals surface area contributed by atoms with Gasteiger partial charge >= 0.3 is 7.12 Å². The molecule has 3 rings (SSSR count). The van der Waals surface area contributed by atoms with Gasteiger partial charge in [-0.1, -0.05) is 12.0 Å². The molecule has 134 valence electrons. The van der Waals surface area contributed by atoms with Gasteiger partial charge in [-0.2, -0.15) is 5.10 Å². The Morgan fingerprint density at radius 2 is 1.96 bits per heavy atom. The largest absolute Gasteiger partial charge is 0.525 e. The maximum atomic E-state index is 14.7. The van der Waals surface area contributed by atoms with E-state index < -0.39 is 24.0 Å². The van der Waals surface area contributed by atoms with E-state index in [9.17, 15) is 4.39 Å². The summed E-state index contributed by atoms with van der Waals surface area (Å²) in [4.78, 5) is 4.24. The van der Waals surface area contributed by atoms with Crippen LogP contribution in [0.4, 0.5) is 4.39 Å². The van der Waals surface area contributed by atoms with Crippen molar-refractivity contribution in [3.8, 4) is 11.8 Å². The number of pyridine rings is 1. The lowest BCUT2D eigenvalue weighted by atomic mass is 9.86. The van der Waals surface area contributed by atoms with Crippen molar-refractivity contribution in [1.82, 2.24) is 14.8 Å². The first kappa shape index (κ1) is 18.4. The second-order valence-corrected chi connectivity index (χ2v) is 7.06. The van der Waals surface area contributed by atoms with Crippen molar-refractivity contribution in [2.45, 2.75) is 45.4 Å². The van der Waals surface area contributed by atoms with E-state index in [0.717, 1.165) is 0 Å². The Labute approximate surface area is 153 Å². The van der Waals surface area contributed by atoms with Crippen LogP contribution < -0.4 is 0 Å². The molecule has 1 saturated heterocycles. The smallest absolute Gasteiger partial charge is 0.398 e. The third-order valence-electron chi connectivity index (χ3n) is 4.62. The number of hydrogen-bond acceptors (Lipinski definition) is 4. The number of nitrogens with zero attached hydrogens (tertiary/aromatic N) is 3. The summed E-state index contributed by atoms with van der Waals surface area (Å²) in [5.74, 6) is 5.95. The summed E-state index contributed by atoms with van der Waals surface area (Å²) in [6.07, 6.45) is 6.51. The van der Waals surface area contributed by atoms with Crippen molar-refractivity contribution >= 4 is 13.2 Å². The van der Waals surface area contributed by atoms with Crippen LogP contribution in [0.1, 0.15) is 39.0 Å². The van der Waals surface area contributed by atoms with Gasteiger partial charge in [0.1, 0.15) is 18.0 Å². The first-order valence-electron chi connectivity index (χ1n) is 8.42. The molecule has 0 aromatic carbocycles. The lowest BCUT2D eigenvalue weighted by Crippen LogP contribution is -2.41. The van der Waals surface area contributed by atoms with E-state index in [1.807, 2.05) is 40.0 Å². The second kappa shape index (κ2) is 7.06. The molecule has 0 amide bonds. The minimum Gasteiger partial charge on any atom is -0.398 e. The Hall–Kier alpha value is -2.43. The molecule has 2 aromatic heterocycles. The maximum Gasteiger partial charge on any atom is 0.525 e. The predicted octanol–water partition coefficient (Wildman–Crippen LogP) is 3.27. The molecule has 26 heavy (non-hydrogen) atoms. The molecule has 0 radical (unpaired) electrons. The first-order valence-corrected chi connectivity index (χ1v) is 8.42. The highest BCUT2D eigenvalue weighted by Gasteiger charge is 2.53. The van der Waals surface area contributed by atoms with Gasteiger partial charge in [-0.25, -0.2) is 9.37 Å². The fraction of sp³-hybridized carbons (Fsp3) is 0.368. The third kappa shape index (κ3) is 3.87. The van der Waals surface area contributed by atoms with E-state index >= 15 is 0 Å². The van der Waals surface area contributed by atoms with Crippen LogP contribution in [-0.4, -0.2) is 33.1 Å². The average Bonchev–Trinajstić information content (AvgIpc) is 3.15. The molecular formula is C19H21BFN3O2. The van der Waals surface area contributed by atoms with Crippen molar-refractivity contribution in [1.29, 1.82) is 0 Å². The van der Waals surface area contributed by atoms with Crippen LogP contribution in [0.25, 0.3) is 6.08 Å². The van der Waals surface area contributed by atoms with Gasteiger partial charge in [-0.05, 0) is 51.8 Å². The number of halogens is 1. The molecule has 5 nitrogen and oxygen atoms in total.